The largest absolute Gasteiger partial charge is 0.350 e. The summed E-state index contributed by atoms with van der Waals surface area (Å²) in [5, 5.41) is 1.12. The van der Waals surface area contributed by atoms with Crippen LogP contribution in [-0.2, 0) is 23.1 Å². The van der Waals surface area contributed by atoms with Crippen molar-refractivity contribution < 1.29 is 14.0 Å². The van der Waals surface area contributed by atoms with Gasteiger partial charge in [0.15, 0.2) is 0 Å². The van der Waals surface area contributed by atoms with Crippen LogP contribution in [0.2, 0.25) is 0 Å². The zero-order valence-electron chi connectivity index (χ0n) is 17.6. The zero-order chi connectivity index (χ0) is 21.5. The number of amides is 2. The summed E-state index contributed by atoms with van der Waals surface area (Å²) in [5.74, 6) is 0.202. The highest BCUT2D eigenvalue weighted by Gasteiger charge is 2.46. The number of rotatable bonds is 4. The number of halogens is 1. The average Bonchev–Trinajstić information content (AvgIpc) is 3.53. The lowest BCUT2D eigenvalue weighted by molar-refractivity contribution is -0.140. The number of para-hydroxylation sites is 1. The number of hydrogen-bond acceptors (Lipinski definition) is 2. The lowest BCUT2D eigenvalue weighted by Gasteiger charge is -2.35. The molecule has 1 aliphatic carbocycles. The molecule has 5 rings (SSSR count). The third-order valence-electron chi connectivity index (χ3n) is 6.67. The van der Waals surface area contributed by atoms with E-state index in [-0.39, 0.29) is 29.5 Å². The van der Waals surface area contributed by atoms with E-state index in [1.807, 2.05) is 35.2 Å². The second-order valence-electron chi connectivity index (χ2n) is 8.67. The summed E-state index contributed by atoms with van der Waals surface area (Å²) >= 11 is 0. The molecule has 2 atom stereocenters. The molecule has 2 unspecified atom stereocenters. The first-order valence-electron chi connectivity index (χ1n) is 10.9. The van der Waals surface area contributed by atoms with Crippen molar-refractivity contribution in [3.05, 3.63) is 71.7 Å². The Hall–Kier alpha value is -3.15. The number of aromatic nitrogens is 1. The molecule has 0 bridgehead atoms. The Balaban J connectivity index is 1.16. The van der Waals surface area contributed by atoms with Crippen LogP contribution in [0.1, 0.15) is 23.5 Å². The third-order valence-corrected chi connectivity index (χ3v) is 6.67. The van der Waals surface area contributed by atoms with E-state index in [1.54, 1.807) is 12.1 Å². The molecule has 2 aliphatic rings. The van der Waals surface area contributed by atoms with Crippen LogP contribution < -0.4 is 0 Å². The van der Waals surface area contributed by atoms with E-state index in [2.05, 4.69) is 16.7 Å². The summed E-state index contributed by atoms with van der Waals surface area (Å²) in [6, 6.07) is 14.6. The maximum Gasteiger partial charge on any atom is 0.227 e. The number of hydrogen-bond donors (Lipinski definition) is 0. The average molecular weight is 420 g/mol. The molecule has 2 fully saturated rings. The molecule has 1 saturated carbocycles. The lowest BCUT2D eigenvalue weighted by Crippen LogP contribution is -2.51. The van der Waals surface area contributed by atoms with Crippen LogP contribution in [0.15, 0.2) is 54.7 Å². The van der Waals surface area contributed by atoms with Crippen LogP contribution in [0.3, 0.4) is 0 Å². The molecule has 2 amide bonds. The molecule has 0 radical (unpaired) electrons. The Labute approximate surface area is 181 Å². The normalized spacial score (nSPS) is 20.8. The SMILES string of the molecule is Cn1cc(CC(=O)N2CCN(C(=O)C3CC3c3ccc(F)cc3)CC2)c2ccccc21. The van der Waals surface area contributed by atoms with Crippen molar-refractivity contribution in [2.75, 3.05) is 26.2 Å². The van der Waals surface area contributed by atoms with Crippen molar-refractivity contribution in [2.45, 2.75) is 18.8 Å². The van der Waals surface area contributed by atoms with Gasteiger partial charge in [0, 0.05) is 56.2 Å². The predicted octanol–water partition coefficient (Wildman–Crippen LogP) is 3.33. The van der Waals surface area contributed by atoms with Crippen molar-refractivity contribution in [3.63, 3.8) is 0 Å². The molecule has 2 aromatic carbocycles. The summed E-state index contributed by atoms with van der Waals surface area (Å²) in [6.45, 7) is 2.30. The molecule has 3 aromatic rings. The van der Waals surface area contributed by atoms with Gasteiger partial charge in [-0.3, -0.25) is 9.59 Å². The van der Waals surface area contributed by atoms with Gasteiger partial charge < -0.3 is 14.4 Å². The van der Waals surface area contributed by atoms with Gasteiger partial charge in [0.05, 0.1) is 6.42 Å². The van der Waals surface area contributed by atoms with E-state index in [1.165, 1.54) is 12.1 Å². The van der Waals surface area contributed by atoms with Crippen LogP contribution in [0.5, 0.6) is 0 Å². The van der Waals surface area contributed by atoms with Crippen LogP contribution in [0.25, 0.3) is 10.9 Å². The van der Waals surface area contributed by atoms with Gasteiger partial charge >= 0.3 is 0 Å². The number of benzene rings is 2. The van der Waals surface area contributed by atoms with Gasteiger partial charge in [-0.1, -0.05) is 30.3 Å². The molecule has 1 aromatic heterocycles. The number of piperazine rings is 1. The smallest absolute Gasteiger partial charge is 0.227 e. The van der Waals surface area contributed by atoms with E-state index >= 15 is 0 Å². The number of nitrogens with zero attached hydrogens (tertiary/aromatic N) is 3. The molecular formula is C25H26FN3O2. The molecule has 2 heterocycles. The summed E-state index contributed by atoms with van der Waals surface area (Å²) in [7, 11) is 2.00. The molecule has 6 heteroatoms. The van der Waals surface area contributed by atoms with E-state index in [9.17, 15) is 14.0 Å². The molecule has 5 nitrogen and oxygen atoms in total. The highest BCUT2D eigenvalue weighted by atomic mass is 19.1. The molecule has 31 heavy (non-hydrogen) atoms. The Morgan fingerprint density at radius 2 is 1.65 bits per heavy atom. The second-order valence-corrected chi connectivity index (χ2v) is 8.67. The van der Waals surface area contributed by atoms with Gasteiger partial charge in [-0.15, -0.1) is 0 Å². The van der Waals surface area contributed by atoms with Crippen molar-refractivity contribution in [2.24, 2.45) is 13.0 Å². The number of carbonyl (C=O) groups is 2. The summed E-state index contributed by atoms with van der Waals surface area (Å²) in [4.78, 5) is 29.5. The van der Waals surface area contributed by atoms with Crippen LogP contribution in [0, 0.1) is 11.7 Å². The van der Waals surface area contributed by atoms with Gasteiger partial charge in [-0.25, -0.2) is 4.39 Å². The van der Waals surface area contributed by atoms with Crippen molar-refractivity contribution in [3.8, 4) is 0 Å². The molecule has 1 saturated heterocycles. The van der Waals surface area contributed by atoms with Crippen molar-refractivity contribution >= 4 is 22.7 Å². The minimum Gasteiger partial charge on any atom is -0.350 e. The molecule has 0 N–H and O–H groups in total. The number of aryl methyl sites for hydroxylation is 1. The zero-order valence-corrected chi connectivity index (χ0v) is 17.6. The first kappa shape index (κ1) is 19.8. The van der Waals surface area contributed by atoms with Crippen LogP contribution >= 0.6 is 0 Å². The second kappa shape index (κ2) is 7.84. The van der Waals surface area contributed by atoms with Gasteiger partial charge in [-0.05, 0) is 41.7 Å². The third kappa shape index (κ3) is 3.82. The predicted molar refractivity (Wildman–Crippen MR) is 117 cm³/mol. The maximum absolute atomic E-state index is 13.1. The van der Waals surface area contributed by atoms with E-state index in [4.69, 9.17) is 0 Å². The van der Waals surface area contributed by atoms with Crippen LogP contribution in [-0.4, -0.2) is 52.4 Å². The lowest BCUT2D eigenvalue weighted by atomic mass is 10.1. The van der Waals surface area contributed by atoms with Crippen molar-refractivity contribution in [1.29, 1.82) is 0 Å². The Morgan fingerprint density at radius 3 is 2.39 bits per heavy atom. The molecular weight excluding hydrogens is 393 g/mol. The molecule has 160 valence electrons. The highest BCUT2D eigenvalue weighted by Crippen LogP contribution is 2.48. The first-order chi connectivity index (χ1) is 15.0. The van der Waals surface area contributed by atoms with Gasteiger partial charge in [0.1, 0.15) is 5.82 Å². The first-order valence-corrected chi connectivity index (χ1v) is 10.9. The molecule has 0 spiro atoms. The van der Waals surface area contributed by atoms with E-state index in [0.717, 1.165) is 28.5 Å². The fourth-order valence-corrected chi connectivity index (χ4v) is 4.80. The standard InChI is InChI=1S/C25H26FN3O2/c1-27-16-18(20-4-2-3-5-23(20)27)14-24(30)28-10-12-29(13-11-28)25(31)22-15-21(22)17-6-8-19(26)9-7-17/h2-9,16,21-22H,10-15H2,1H3. The maximum atomic E-state index is 13.1. The Morgan fingerprint density at radius 1 is 0.968 bits per heavy atom. The van der Waals surface area contributed by atoms with Gasteiger partial charge in [0.2, 0.25) is 11.8 Å². The fourth-order valence-electron chi connectivity index (χ4n) is 4.80. The van der Waals surface area contributed by atoms with Gasteiger partial charge in [-0.2, -0.15) is 0 Å². The monoisotopic (exact) mass is 419 g/mol. The van der Waals surface area contributed by atoms with Gasteiger partial charge in [0.25, 0.3) is 0 Å². The minimum absolute atomic E-state index is 0.0107. The quantitative estimate of drug-likeness (QED) is 0.651. The number of fused-ring (bicyclic) bond motifs is 1. The topological polar surface area (TPSA) is 45.6 Å². The van der Waals surface area contributed by atoms with E-state index < -0.39 is 0 Å². The number of carbonyl (C=O) groups excluding carboxylic acids is 2. The summed E-state index contributed by atoms with van der Waals surface area (Å²) < 4.78 is 15.2. The highest BCUT2D eigenvalue weighted by molar-refractivity contribution is 5.89. The fraction of sp³-hybridized carbons (Fsp3) is 0.360. The summed E-state index contributed by atoms with van der Waals surface area (Å²) in [6.07, 6.45) is 3.24. The Bertz CT molecular complexity index is 1130. The van der Waals surface area contributed by atoms with Crippen molar-refractivity contribution in [1.82, 2.24) is 14.4 Å². The Kier molecular flexibility index (Phi) is 5.00. The van der Waals surface area contributed by atoms with E-state index in [0.29, 0.717) is 32.6 Å². The van der Waals surface area contributed by atoms with Crippen LogP contribution in [0.4, 0.5) is 4.39 Å². The summed E-state index contributed by atoms with van der Waals surface area (Å²) in [5.41, 5.74) is 3.20. The minimum atomic E-state index is -0.253. The molecule has 1 aliphatic heterocycles.